The second-order valence-corrected chi connectivity index (χ2v) is 7.01. The van der Waals surface area contributed by atoms with Gasteiger partial charge in [-0.25, -0.2) is 14.2 Å². The summed E-state index contributed by atoms with van der Waals surface area (Å²) in [6.07, 6.45) is 2.05. The zero-order valence-corrected chi connectivity index (χ0v) is 15.5. The molecule has 1 aliphatic rings. The third-order valence-corrected chi connectivity index (χ3v) is 5.29. The molecule has 0 bridgehead atoms. The van der Waals surface area contributed by atoms with E-state index in [4.69, 9.17) is 4.74 Å². The van der Waals surface area contributed by atoms with E-state index in [2.05, 4.69) is 25.3 Å². The number of para-hydroxylation sites is 2. The molecule has 0 saturated carbocycles. The highest BCUT2D eigenvalue weighted by Crippen LogP contribution is 2.36. The average Bonchev–Trinajstić information content (AvgIpc) is 3.33. The summed E-state index contributed by atoms with van der Waals surface area (Å²) >= 11 is 0. The van der Waals surface area contributed by atoms with Gasteiger partial charge in [-0.05, 0) is 18.2 Å². The molecule has 5 aromatic rings. The van der Waals surface area contributed by atoms with Gasteiger partial charge in [0.2, 0.25) is 0 Å². The molecular weight excluding hydrogens is 389 g/mol. The highest BCUT2D eigenvalue weighted by Gasteiger charge is 2.28. The lowest BCUT2D eigenvalue weighted by atomic mass is 10.00. The Bertz CT molecular complexity index is 1490. The summed E-state index contributed by atoms with van der Waals surface area (Å²) in [6.45, 7) is 0.295. The minimum Gasteiger partial charge on any atom is -0.490 e. The van der Waals surface area contributed by atoms with E-state index in [-0.39, 0.29) is 17.4 Å². The first-order valence-electron chi connectivity index (χ1n) is 9.40. The van der Waals surface area contributed by atoms with Crippen LogP contribution in [0.4, 0.5) is 4.39 Å². The molecule has 30 heavy (non-hydrogen) atoms. The molecule has 9 nitrogen and oxygen atoms in total. The number of fused-ring (bicyclic) bond motifs is 3. The van der Waals surface area contributed by atoms with Crippen molar-refractivity contribution >= 4 is 22.2 Å². The van der Waals surface area contributed by atoms with Crippen molar-refractivity contribution in [3.05, 3.63) is 70.5 Å². The molecule has 1 aliphatic heterocycles. The molecule has 148 valence electrons. The van der Waals surface area contributed by atoms with Gasteiger partial charge in [0.25, 0.3) is 5.95 Å². The Labute approximate surface area is 167 Å². The van der Waals surface area contributed by atoms with Crippen molar-refractivity contribution in [2.45, 2.75) is 12.5 Å². The summed E-state index contributed by atoms with van der Waals surface area (Å²) in [5.41, 5.74) is 2.61. The largest absolute Gasteiger partial charge is 0.490 e. The van der Waals surface area contributed by atoms with Crippen LogP contribution in [0.2, 0.25) is 0 Å². The van der Waals surface area contributed by atoms with Crippen LogP contribution in [0.15, 0.2) is 53.5 Å². The van der Waals surface area contributed by atoms with Crippen LogP contribution < -0.4 is 10.4 Å². The molecule has 10 heteroatoms. The van der Waals surface area contributed by atoms with Gasteiger partial charge in [0.05, 0.1) is 24.4 Å². The lowest BCUT2D eigenvalue weighted by Gasteiger charge is -2.26. The molecule has 0 amide bonds. The van der Waals surface area contributed by atoms with E-state index < -0.39 is 11.9 Å². The number of hydrogen-bond acceptors (Lipinski definition) is 6. The molecule has 6 rings (SSSR count). The number of ether oxygens (including phenoxy) is 1. The standard InChI is InChI=1S/C20H14FN7O2/c21-12-5-3-4-11-15(8-9-30-17(11)12)27-18-14(23-20(27)29)10-22-19(24-18)28-16-7-2-1-6-13(16)25-26-28/h1-7,10,15H,8-9H2,(H,23,29). The fraction of sp³-hybridized carbons (Fsp3) is 0.150. The lowest BCUT2D eigenvalue weighted by Crippen LogP contribution is -2.28. The quantitative estimate of drug-likeness (QED) is 0.485. The molecule has 0 fully saturated rings. The molecule has 1 atom stereocenters. The maximum atomic E-state index is 14.2. The van der Waals surface area contributed by atoms with Crippen LogP contribution in [0.1, 0.15) is 18.0 Å². The van der Waals surface area contributed by atoms with E-state index in [0.29, 0.717) is 35.3 Å². The number of hydrogen-bond donors (Lipinski definition) is 1. The first-order chi connectivity index (χ1) is 14.7. The summed E-state index contributed by atoms with van der Waals surface area (Å²) in [5, 5.41) is 8.27. The number of benzene rings is 2. The molecule has 0 radical (unpaired) electrons. The monoisotopic (exact) mass is 403 g/mol. The molecule has 0 aliphatic carbocycles. The minimum atomic E-state index is -0.450. The third kappa shape index (κ3) is 2.36. The van der Waals surface area contributed by atoms with Crippen molar-refractivity contribution in [3.63, 3.8) is 0 Å². The lowest BCUT2D eigenvalue weighted by molar-refractivity contribution is 0.244. The smallest absolute Gasteiger partial charge is 0.328 e. The van der Waals surface area contributed by atoms with Gasteiger partial charge in [0.1, 0.15) is 11.0 Å². The number of aromatic nitrogens is 7. The van der Waals surface area contributed by atoms with Crippen molar-refractivity contribution in [3.8, 4) is 11.7 Å². The van der Waals surface area contributed by atoms with E-state index in [1.165, 1.54) is 21.5 Å². The van der Waals surface area contributed by atoms with Crippen molar-refractivity contribution in [1.29, 1.82) is 0 Å². The first kappa shape index (κ1) is 16.8. The summed E-state index contributed by atoms with van der Waals surface area (Å²) in [5.74, 6) is 0.0107. The van der Waals surface area contributed by atoms with Crippen LogP contribution in [0, 0.1) is 5.82 Å². The number of imidazole rings is 1. The third-order valence-electron chi connectivity index (χ3n) is 5.29. The summed E-state index contributed by atoms with van der Waals surface area (Å²) in [4.78, 5) is 24.5. The van der Waals surface area contributed by atoms with E-state index in [0.717, 1.165) is 5.52 Å². The Morgan fingerprint density at radius 2 is 2.07 bits per heavy atom. The number of aromatic amines is 1. The molecule has 4 heterocycles. The summed E-state index contributed by atoms with van der Waals surface area (Å²) < 4.78 is 22.8. The van der Waals surface area contributed by atoms with Crippen molar-refractivity contribution < 1.29 is 9.13 Å². The van der Waals surface area contributed by atoms with E-state index in [1.54, 1.807) is 12.1 Å². The molecule has 2 aromatic carbocycles. The van der Waals surface area contributed by atoms with Crippen molar-refractivity contribution in [2.24, 2.45) is 0 Å². The number of rotatable bonds is 2. The summed E-state index contributed by atoms with van der Waals surface area (Å²) in [6, 6.07) is 11.8. The van der Waals surface area contributed by atoms with Crippen LogP contribution in [0.3, 0.4) is 0 Å². The molecule has 0 spiro atoms. The number of H-pyrrole nitrogens is 1. The van der Waals surface area contributed by atoms with Crippen molar-refractivity contribution in [1.82, 2.24) is 34.5 Å². The summed E-state index contributed by atoms with van der Waals surface area (Å²) in [7, 11) is 0. The van der Waals surface area contributed by atoms with Gasteiger partial charge in [-0.15, -0.1) is 5.10 Å². The average molecular weight is 403 g/mol. The van der Waals surface area contributed by atoms with Gasteiger partial charge in [0, 0.05) is 12.0 Å². The normalized spacial score (nSPS) is 16.0. The fourth-order valence-corrected chi connectivity index (χ4v) is 3.95. The Morgan fingerprint density at radius 3 is 3.00 bits per heavy atom. The Morgan fingerprint density at radius 1 is 1.17 bits per heavy atom. The highest BCUT2D eigenvalue weighted by atomic mass is 19.1. The molecule has 1 N–H and O–H groups in total. The fourth-order valence-electron chi connectivity index (χ4n) is 3.95. The van der Waals surface area contributed by atoms with Gasteiger partial charge in [0.15, 0.2) is 17.2 Å². The van der Waals surface area contributed by atoms with Crippen LogP contribution in [0.5, 0.6) is 5.75 Å². The van der Waals surface area contributed by atoms with Gasteiger partial charge in [-0.1, -0.05) is 29.5 Å². The van der Waals surface area contributed by atoms with Crippen LogP contribution in [0.25, 0.3) is 28.1 Å². The Hall–Kier alpha value is -4.08. The van der Waals surface area contributed by atoms with Gasteiger partial charge < -0.3 is 9.72 Å². The zero-order chi connectivity index (χ0) is 20.2. The number of halogens is 1. The topological polar surface area (TPSA) is 104 Å². The van der Waals surface area contributed by atoms with Crippen LogP contribution >= 0.6 is 0 Å². The predicted octanol–water partition coefficient (Wildman–Crippen LogP) is 2.36. The molecule has 3 aromatic heterocycles. The van der Waals surface area contributed by atoms with E-state index in [9.17, 15) is 9.18 Å². The van der Waals surface area contributed by atoms with Crippen molar-refractivity contribution in [2.75, 3.05) is 6.61 Å². The van der Waals surface area contributed by atoms with E-state index in [1.807, 2.05) is 24.3 Å². The van der Waals surface area contributed by atoms with Crippen LogP contribution in [-0.4, -0.2) is 41.1 Å². The SMILES string of the molecule is O=c1[nH]c2cnc(-n3nnc4ccccc43)nc2n1C1CCOc2c(F)cccc21. The number of nitrogens with one attached hydrogen (secondary N) is 1. The molecule has 1 unspecified atom stereocenters. The predicted molar refractivity (Wildman–Crippen MR) is 105 cm³/mol. The molecular formula is C20H14FN7O2. The maximum absolute atomic E-state index is 14.2. The second kappa shape index (κ2) is 6.21. The minimum absolute atomic E-state index is 0.173. The Balaban J connectivity index is 1.57. The van der Waals surface area contributed by atoms with E-state index >= 15 is 0 Å². The van der Waals surface area contributed by atoms with Crippen LogP contribution in [-0.2, 0) is 0 Å². The highest BCUT2D eigenvalue weighted by molar-refractivity contribution is 5.76. The Kier molecular flexibility index (Phi) is 3.48. The van der Waals surface area contributed by atoms with Gasteiger partial charge in [-0.3, -0.25) is 4.57 Å². The maximum Gasteiger partial charge on any atom is 0.328 e. The number of nitrogens with zero attached hydrogens (tertiary/aromatic N) is 6. The van der Waals surface area contributed by atoms with Gasteiger partial charge in [-0.2, -0.15) is 9.67 Å². The molecule has 0 saturated heterocycles. The first-order valence-corrected chi connectivity index (χ1v) is 9.40. The zero-order valence-electron chi connectivity index (χ0n) is 15.5. The van der Waals surface area contributed by atoms with Gasteiger partial charge >= 0.3 is 5.69 Å². The second-order valence-electron chi connectivity index (χ2n) is 7.01.